The van der Waals surface area contributed by atoms with Crippen molar-refractivity contribution < 1.29 is 9.59 Å². The monoisotopic (exact) mass is 404 g/mol. The van der Waals surface area contributed by atoms with Crippen molar-refractivity contribution >= 4 is 23.2 Å². The predicted molar refractivity (Wildman–Crippen MR) is 112 cm³/mol. The van der Waals surface area contributed by atoms with Crippen LogP contribution in [0, 0.1) is 0 Å². The molecule has 4 heterocycles. The summed E-state index contributed by atoms with van der Waals surface area (Å²) >= 11 is 1.49. The zero-order chi connectivity index (χ0) is 19.3. The van der Waals surface area contributed by atoms with E-state index in [0.717, 1.165) is 18.0 Å². The maximum atomic E-state index is 12.9. The highest BCUT2D eigenvalue weighted by Crippen LogP contribution is 2.21. The Hall–Kier alpha value is -1.44. The van der Waals surface area contributed by atoms with E-state index in [4.69, 9.17) is 0 Å². The highest BCUT2D eigenvalue weighted by molar-refractivity contribution is 7.12. The fourth-order valence-electron chi connectivity index (χ4n) is 4.74. The van der Waals surface area contributed by atoms with Gasteiger partial charge in [-0.3, -0.25) is 14.5 Å². The largest absolute Gasteiger partial charge is 0.338 e. The van der Waals surface area contributed by atoms with Gasteiger partial charge in [-0.1, -0.05) is 12.5 Å². The summed E-state index contributed by atoms with van der Waals surface area (Å²) in [5.41, 5.74) is 0. The van der Waals surface area contributed by atoms with E-state index in [-0.39, 0.29) is 11.8 Å². The van der Waals surface area contributed by atoms with Crippen LogP contribution in [-0.4, -0.2) is 96.4 Å². The summed E-state index contributed by atoms with van der Waals surface area (Å²) in [6.45, 7) is 7.73. The first kappa shape index (κ1) is 19.9. The molecule has 0 spiro atoms. The number of hydrogen-bond acceptors (Lipinski definition) is 5. The molecular formula is C21H32N4O2S. The van der Waals surface area contributed by atoms with Gasteiger partial charge < -0.3 is 14.7 Å². The topological polar surface area (TPSA) is 47.1 Å². The Morgan fingerprint density at radius 2 is 1.68 bits per heavy atom. The lowest BCUT2D eigenvalue weighted by Gasteiger charge is -2.37. The van der Waals surface area contributed by atoms with Crippen molar-refractivity contribution in [2.45, 2.75) is 38.1 Å². The molecule has 0 aromatic carbocycles. The van der Waals surface area contributed by atoms with Gasteiger partial charge in [-0.05, 0) is 56.8 Å². The van der Waals surface area contributed by atoms with E-state index in [2.05, 4.69) is 9.80 Å². The molecule has 6 nitrogen and oxygen atoms in total. The van der Waals surface area contributed by atoms with E-state index < -0.39 is 0 Å². The molecule has 4 rings (SSSR count). The van der Waals surface area contributed by atoms with Crippen LogP contribution in [0.1, 0.15) is 41.8 Å². The van der Waals surface area contributed by atoms with Gasteiger partial charge in [0.25, 0.3) is 5.91 Å². The maximum Gasteiger partial charge on any atom is 0.264 e. The Kier molecular flexibility index (Phi) is 6.65. The number of rotatable bonds is 5. The van der Waals surface area contributed by atoms with Crippen LogP contribution in [0.3, 0.4) is 0 Å². The average Bonchev–Trinajstić information content (AvgIpc) is 3.41. The van der Waals surface area contributed by atoms with Crippen LogP contribution in [0.2, 0.25) is 0 Å². The van der Waals surface area contributed by atoms with Gasteiger partial charge in [0, 0.05) is 38.8 Å². The quantitative estimate of drug-likeness (QED) is 0.753. The number of amides is 2. The molecule has 3 aliphatic heterocycles. The number of thiophene rings is 1. The third-order valence-electron chi connectivity index (χ3n) is 6.41. The molecule has 3 aliphatic rings. The molecule has 1 aromatic heterocycles. The lowest BCUT2D eigenvalue weighted by molar-refractivity contribution is -0.134. The molecular weight excluding hydrogens is 372 g/mol. The Bertz CT molecular complexity index is 651. The van der Waals surface area contributed by atoms with Crippen LogP contribution in [0.4, 0.5) is 0 Å². The van der Waals surface area contributed by atoms with Crippen LogP contribution in [0.15, 0.2) is 17.5 Å². The first-order chi connectivity index (χ1) is 13.7. The Morgan fingerprint density at radius 1 is 0.929 bits per heavy atom. The Labute approximate surface area is 172 Å². The molecule has 3 fully saturated rings. The molecule has 2 amide bonds. The summed E-state index contributed by atoms with van der Waals surface area (Å²) in [4.78, 5) is 34.9. The molecule has 1 unspecified atom stereocenters. The van der Waals surface area contributed by atoms with E-state index in [9.17, 15) is 9.59 Å². The van der Waals surface area contributed by atoms with E-state index in [1.54, 1.807) is 0 Å². The Morgan fingerprint density at radius 3 is 2.39 bits per heavy atom. The zero-order valence-corrected chi connectivity index (χ0v) is 17.5. The van der Waals surface area contributed by atoms with Gasteiger partial charge >= 0.3 is 0 Å². The average molecular weight is 405 g/mol. The Balaban J connectivity index is 1.24. The van der Waals surface area contributed by atoms with Gasteiger partial charge in [0.1, 0.15) is 0 Å². The van der Waals surface area contributed by atoms with Gasteiger partial charge in [-0.25, -0.2) is 0 Å². The van der Waals surface area contributed by atoms with Crippen molar-refractivity contribution in [2.24, 2.45) is 0 Å². The minimum Gasteiger partial charge on any atom is -0.338 e. The van der Waals surface area contributed by atoms with Crippen molar-refractivity contribution in [3.05, 3.63) is 22.4 Å². The van der Waals surface area contributed by atoms with Gasteiger partial charge in [0.2, 0.25) is 5.91 Å². The molecule has 1 atom stereocenters. The molecule has 7 heteroatoms. The summed E-state index contributed by atoms with van der Waals surface area (Å²) in [7, 11) is 0. The number of carbonyl (C=O) groups excluding carboxylic acids is 2. The van der Waals surface area contributed by atoms with E-state index in [1.807, 2.05) is 27.3 Å². The smallest absolute Gasteiger partial charge is 0.264 e. The van der Waals surface area contributed by atoms with Crippen LogP contribution in [0.5, 0.6) is 0 Å². The molecule has 0 aliphatic carbocycles. The zero-order valence-electron chi connectivity index (χ0n) is 16.7. The molecule has 28 heavy (non-hydrogen) atoms. The fourth-order valence-corrected chi connectivity index (χ4v) is 5.43. The lowest BCUT2D eigenvalue weighted by Crippen LogP contribution is -2.53. The summed E-state index contributed by atoms with van der Waals surface area (Å²) in [6, 6.07) is 4.32. The van der Waals surface area contributed by atoms with Crippen molar-refractivity contribution in [2.75, 3.05) is 58.9 Å². The van der Waals surface area contributed by atoms with Gasteiger partial charge in [0.15, 0.2) is 0 Å². The number of likely N-dealkylation sites (tertiary alicyclic amines) is 2. The van der Waals surface area contributed by atoms with Gasteiger partial charge in [-0.15, -0.1) is 11.3 Å². The summed E-state index contributed by atoms with van der Waals surface area (Å²) in [5, 5.41) is 1.93. The molecule has 0 bridgehead atoms. The highest BCUT2D eigenvalue weighted by Gasteiger charge is 2.31. The minimum atomic E-state index is 0.100. The van der Waals surface area contributed by atoms with Crippen LogP contribution >= 0.6 is 11.3 Å². The number of hydrogen-bond donors (Lipinski definition) is 0. The summed E-state index contributed by atoms with van der Waals surface area (Å²) in [5.74, 6) is 0.331. The second-order valence-electron chi connectivity index (χ2n) is 8.28. The lowest BCUT2D eigenvalue weighted by atomic mass is 10.1. The van der Waals surface area contributed by atoms with E-state index >= 15 is 0 Å². The fraction of sp³-hybridized carbons (Fsp3) is 0.714. The normalized spacial score (nSPS) is 24.6. The number of piperidine rings is 1. The van der Waals surface area contributed by atoms with E-state index in [1.165, 1.54) is 56.5 Å². The standard InChI is InChI=1S/C21H32N4O2S/c26-20(17-25-10-4-6-18(25)16-22-8-2-1-3-9-22)23-11-13-24(14-12-23)21(27)19-7-5-15-28-19/h5,7,15,18H,1-4,6,8-14,16-17H2. The molecule has 3 saturated heterocycles. The first-order valence-corrected chi connectivity index (χ1v) is 11.7. The SMILES string of the molecule is O=C(CN1CCCC1CN1CCCCC1)N1CCN(C(=O)c2cccs2)CC1. The number of piperazine rings is 1. The number of nitrogens with zero attached hydrogens (tertiary/aromatic N) is 4. The first-order valence-electron chi connectivity index (χ1n) is 10.8. The van der Waals surface area contributed by atoms with Crippen molar-refractivity contribution in [3.8, 4) is 0 Å². The van der Waals surface area contributed by atoms with Gasteiger partial charge in [0.05, 0.1) is 11.4 Å². The molecule has 154 valence electrons. The molecule has 0 saturated carbocycles. The van der Waals surface area contributed by atoms with Crippen LogP contribution in [-0.2, 0) is 4.79 Å². The third-order valence-corrected chi connectivity index (χ3v) is 7.26. The second kappa shape index (κ2) is 9.37. The molecule has 1 aromatic rings. The van der Waals surface area contributed by atoms with Gasteiger partial charge in [-0.2, -0.15) is 0 Å². The maximum absolute atomic E-state index is 12.9. The summed E-state index contributed by atoms with van der Waals surface area (Å²) < 4.78 is 0. The molecule has 0 radical (unpaired) electrons. The van der Waals surface area contributed by atoms with Crippen molar-refractivity contribution in [3.63, 3.8) is 0 Å². The summed E-state index contributed by atoms with van der Waals surface area (Å²) in [6.07, 6.45) is 6.42. The van der Waals surface area contributed by atoms with Crippen LogP contribution < -0.4 is 0 Å². The van der Waals surface area contributed by atoms with Crippen LogP contribution in [0.25, 0.3) is 0 Å². The van der Waals surface area contributed by atoms with E-state index in [0.29, 0.717) is 38.8 Å². The highest BCUT2D eigenvalue weighted by atomic mass is 32.1. The second-order valence-corrected chi connectivity index (χ2v) is 9.23. The third kappa shape index (κ3) is 4.75. The minimum absolute atomic E-state index is 0.100. The molecule has 0 N–H and O–H groups in total. The van der Waals surface area contributed by atoms with Crippen molar-refractivity contribution in [1.29, 1.82) is 0 Å². The number of carbonyl (C=O) groups is 2. The van der Waals surface area contributed by atoms with Crippen molar-refractivity contribution in [1.82, 2.24) is 19.6 Å². The predicted octanol–water partition coefficient (Wildman–Crippen LogP) is 1.98.